The number of nitrogens with one attached hydrogen (secondary N) is 1. The lowest BCUT2D eigenvalue weighted by molar-refractivity contribution is -0.113. The number of hydrogen-bond donors (Lipinski definition) is 1. The molecule has 2 heterocycles. The van der Waals surface area contributed by atoms with Gasteiger partial charge in [-0.15, -0.1) is 21.5 Å². The van der Waals surface area contributed by atoms with Gasteiger partial charge in [0.05, 0.1) is 11.3 Å². The van der Waals surface area contributed by atoms with Gasteiger partial charge in [0, 0.05) is 17.8 Å². The molecule has 2 aromatic rings. The van der Waals surface area contributed by atoms with Crippen LogP contribution in [-0.4, -0.2) is 26.4 Å². The van der Waals surface area contributed by atoms with Gasteiger partial charge < -0.3 is 9.88 Å². The molecule has 1 N–H and O–H groups in total. The van der Waals surface area contributed by atoms with Crippen molar-refractivity contribution in [2.75, 3.05) is 11.1 Å². The number of anilines is 1. The Morgan fingerprint density at radius 3 is 2.74 bits per heavy atom. The van der Waals surface area contributed by atoms with Gasteiger partial charge in [-0.2, -0.15) is 5.26 Å². The smallest absolute Gasteiger partial charge is 0.235 e. The van der Waals surface area contributed by atoms with Crippen molar-refractivity contribution in [1.82, 2.24) is 14.8 Å². The standard InChI is InChI=1S/C19H25N5OS2/c1-3-16-22-23-19(24(16)4-2)26-12-17(25)21-18-14(11-20)13-9-7-5-6-8-10-15(13)27-18/h3-10,12H2,1-2H3,(H,21,25). The molecular weight excluding hydrogens is 378 g/mol. The number of carbonyl (C=O) groups excluding carboxylic acids is 1. The Labute approximate surface area is 168 Å². The number of hydrogen-bond acceptors (Lipinski definition) is 6. The van der Waals surface area contributed by atoms with Crippen LogP contribution in [0.1, 0.15) is 61.4 Å². The minimum Gasteiger partial charge on any atom is -0.316 e. The summed E-state index contributed by atoms with van der Waals surface area (Å²) in [5.41, 5.74) is 1.82. The van der Waals surface area contributed by atoms with Crippen LogP contribution in [0.25, 0.3) is 0 Å². The molecule has 0 saturated carbocycles. The lowest BCUT2D eigenvalue weighted by Gasteiger charge is -2.08. The molecule has 27 heavy (non-hydrogen) atoms. The van der Waals surface area contributed by atoms with E-state index >= 15 is 0 Å². The maximum absolute atomic E-state index is 12.5. The van der Waals surface area contributed by atoms with Gasteiger partial charge in [-0.05, 0) is 38.2 Å². The number of amides is 1. The maximum Gasteiger partial charge on any atom is 0.235 e. The first-order valence-electron chi connectivity index (χ1n) is 9.57. The molecule has 0 radical (unpaired) electrons. The van der Waals surface area contributed by atoms with Crippen LogP contribution in [0.2, 0.25) is 0 Å². The third kappa shape index (κ3) is 4.53. The Morgan fingerprint density at radius 2 is 2.04 bits per heavy atom. The highest BCUT2D eigenvalue weighted by atomic mass is 32.2. The summed E-state index contributed by atoms with van der Waals surface area (Å²) in [4.78, 5) is 13.8. The minimum atomic E-state index is -0.102. The van der Waals surface area contributed by atoms with E-state index in [1.165, 1.54) is 29.5 Å². The van der Waals surface area contributed by atoms with E-state index in [2.05, 4.69) is 21.6 Å². The van der Waals surface area contributed by atoms with Crippen LogP contribution in [0.4, 0.5) is 5.00 Å². The highest BCUT2D eigenvalue weighted by Gasteiger charge is 2.21. The normalized spacial score (nSPS) is 14.1. The molecule has 0 aromatic carbocycles. The number of carbonyl (C=O) groups is 1. The SMILES string of the molecule is CCc1nnc(SCC(=O)Nc2sc3c(c2C#N)CCCCCC3)n1CC. The second-order valence-corrected chi connectivity index (χ2v) is 8.62. The summed E-state index contributed by atoms with van der Waals surface area (Å²) in [5, 5.41) is 22.4. The number of fused-ring (bicyclic) bond motifs is 1. The lowest BCUT2D eigenvalue weighted by Crippen LogP contribution is -2.14. The summed E-state index contributed by atoms with van der Waals surface area (Å²) in [7, 11) is 0. The van der Waals surface area contributed by atoms with Gasteiger partial charge >= 0.3 is 0 Å². The quantitative estimate of drug-likeness (QED) is 0.731. The number of nitriles is 1. The molecule has 144 valence electrons. The number of rotatable bonds is 6. The zero-order valence-electron chi connectivity index (χ0n) is 15.9. The lowest BCUT2D eigenvalue weighted by atomic mass is 9.97. The zero-order valence-corrected chi connectivity index (χ0v) is 17.5. The van der Waals surface area contributed by atoms with Crippen molar-refractivity contribution in [3.05, 3.63) is 21.8 Å². The number of aromatic nitrogens is 3. The van der Waals surface area contributed by atoms with Crippen LogP contribution in [-0.2, 0) is 30.6 Å². The summed E-state index contributed by atoms with van der Waals surface area (Å²) in [6.45, 7) is 4.88. The summed E-state index contributed by atoms with van der Waals surface area (Å²) < 4.78 is 2.04. The van der Waals surface area contributed by atoms with Crippen LogP contribution in [0.15, 0.2) is 5.16 Å². The maximum atomic E-state index is 12.5. The Bertz CT molecular complexity index is 849. The van der Waals surface area contributed by atoms with E-state index in [0.717, 1.165) is 55.2 Å². The largest absolute Gasteiger partial charge is 0.316 e. The molecule has 0 fully saturated rings. The summed E-state index contributed by atoms with van der Waals surface area (Å²) in [5.74, 6) is 1.09. The van der Waals surface area contributed by atoms with Crippen molar-refractivity contribution in [1.29, 1.82) is 5.26 Å². The van der Waals surface area contributed by atoms with E-state index < -0.39 is 0 Å². The van der Waals surface area contributed by atoms with E-state index in [-0.39, 0.29) is 11.7 Å². The van der Waals surface area contributed by atoms with Gasteiger partial charge in [-0.1, -0.05) is 31.5 Å². The monoisotopic (exact) mass is 403 g/mol. The predicted octanol–water partition coefficient (Wildman–Crippen LogP) is 4.18. The van der Waals surface area contributed by atoms with Gasteiger partial charge in [0.2, 0.25) is 5.91 Å². The Balaban J connectivity index is 1.68. The molecule has 1 aliphatic rings. The fourth-order valence-electron chi connectivity index (χ4n) is 3.42. The summed E-state index contributed by atoms with van der Waals surface area (Å²) >= 11 is 2.97. The number of nitrogens with zero attached hydrogens (tertiary/aromatic N) is 4. The molecule has 1 aliphatic carbocycles. The molecule has 3 rings (SSSR count). The molecule has 2 aromatic heterocycles. The van der Waals surface area contributed by atoms with Crippen molar-refractivity contribution >= 4 is 34.0 Å². The molecule has 0 unspecified atom stereocenters. The molecule has 0 spiro atoms. The number of aryl methyl sites for hydroxylation is 2. The van der Waals surface area contributed by atoms with Crippen LogP contribution in [0, 0.1) is 11.3 Å². The van der Waals surface area contributed by atoms with Crippen molar-refractivity contribution in [3.63, 3.8) is 0 Å². The fraction of sp³-hybridized carbons (Fsp3) is 0.579. The van der Waals surface area contributed by atoms with Crippen molar-refractivity contribution in [2.45, 2.75) is 70.5 Å². The molecule has 0 saturated heterocycles. The van der Waals surface area contributed by atoms with E-state index in [1.807, 2.05) is 18.4 Å². The molecule has 6 nitrogen and oxygen atoms in total. The van der Waals surface area contributed by atoms with Gasteiger partial charge in [-0.3, -0.25) is 4.79 Å². The molecule has 1 amide bonds. The minimum absolute atomic E-state index is 0.102. The van der Waals surface area contributed by atoms with Gasteiger partial charge in [0.1, 0.15) is 16.9 Å². The average Bonchev–Trinajstić information content (AvgIpc) is 3.19. The van der Waals surface area contributed by atoms with Crippen molar-refractivity contribution < 1.29 is 4.79 Å². The van der Waals surface area contributed by atoms with E-state index in [0.29, 0.717) is 10.6 Å². The van der Waals surface area contributed by atoms with Crippen LogP contribution >= 0.6 is 23.1 Å². The van der Waals surface area contributed by atoms with E-state index in [4.69, 9.17) is 0 Å². The molecule has 0 aliphatic heterocycles. The van der Waals surface area contributed by atoms with Crippen LogP contribution in [0.3, 0.4) is 0 Å². The summed E-state index contributed by atoms with van der Waals surface area (Å²) in [6.07, 6.45) is 7.52. The highest BCUT2D eigenvalue weighted by Crippen LogP contribution is 2.36. The first-order valence-corrected chi connectivity index (χ1v) is 11.4. The fourth-order valence-corrected chi connectivity index (χ4v) is 5.50. The van der Waals surface area contributed by atoms with Crippen molar-refractivity contribution in [3.8, 4) is 6.07 Å². The molecule has 0 bridgehead atoms. The summed E-state index contributed by atoms with van der Waals surface area (Å²) in [6, 6.07) is 2.32. The van der Waals surface area contributed by atoms with Gasteiger partial charge in [0.25, 0.3) is 0 Å². The average molecular weight is 404 g/mol. The molecule has 0 atom stereocenters. The van der Waals surface area contributed by atoms with Crippen molar-refractivity contribution in [2.24, 2.45) is 0 Å². The highest BCUT2D eigenvalue weighted by molar-refractivity contribution is 7.99. The second kappa shape index (κ2) is 9.38. The van der Waals surface area contributed by atoms with Gasteiger partial charge in [0.15, 0.2) is 5.16 Å². The number of thioether (sulfide) groups is 1. The third-order valence-corrected chi connectivity index (χ3v) is 6.97. The number of thiophene rings is 1. The van der Waals surface area contributed by atoms with Crippen LogP contribution in [0.5, 0.6) is 0 Å². The molecule has 8 heteroatoms. The van der Waals surface area contributed by atoms with E-state index in [9.17, 15) is 10.1 Å². The Morgan fingerprint density at radius 1 is 1.26 bits per heavy atom. The van der Waals surface area contributed by atoms with E-state index in [1.54, 1.807) is 11.3 Å². The molecular formula is C19H25N5OS2. The second-order valence-electron chi connectivity index (χ2n) is 6.57. The van der Waals surface area contributed by atoms with Crippen LogP contribution < -0.4 is 5.32 Å². The Hall–Kier alpha value is -1.85. The first kappa shape index (κ1) is 19.9. The Kier molecular flexibility index (Phi) is 6.91. The zero-order chi connectivity index (χ0) is 19.2. The first-order chi connectivity index (χ1) is 13.2. The van der Waals surface area contributed by atoms with Gasteiger partial charge in [-0.25, -0.2) is 0 Å². The topological polar surface area (TPSA) is 83.6 Å². The predicted molar refractivity (Wildman–Crippen MR) is 109 cm³/mol. The third-order valence-electron chi connectivity index (χ3n) is 4.79.